The van der Waals surface area contributed by atoms with Gasteiger partial charge in [-0.15, -0.1) is 0 Å². The van der Waals surface area contributed by atoms with Gasteiger partial charge in [0.05, 0.1) is 24.7 Å². The van der Waals surface area contributed by atoms with Crippen LogP contribution in [0, 0.1) is 16.0 Å². The van der Waals surface area contributed by atoms with Gasteiger partial charge in [-0.25, -0.2) is 9.59 Å². The van der Waals surface area contributed by atoms with Gasteiger partial charge >= 0.3 is 17.9 Å². The molecule has 0 spiro atoms. The number of allylic oxidation sites excluding steroid dienone is 1. The first-order chi connectivity index (χ1) is 17.7. The number of methoxy groups -OCH3 is 2. The molecule has 3 rings (SSSR count). The summed E-state index contributed by atoms with van der Waals surface area (Å²) in [6.45, 7) is 2.92. The number of esters is 3. The van der Waals surface area contributed by atoms with Crippen molar-refractivity contribution in [2.75, 3.05) is 20.8 Å². The third kappa shape index (κ3) is 6.37. The summed E-state index contributed by atoms with van der Waals surface area (Å²) < 4.78 is 20.3. The molecule has 11 heteroatoms. The van der Waals surface area contributed by atoms with Crippen molar-refractivity contribution < 1.29 is 38.3 Å². The Kier molecular flexibility index (Phi) is 8.72. The number of rotatable bonds is 9. The van der Waals surface area contributed by atoms with Gasteiger partial charge < -0.3 is 18.9 Å². The van der Waals surface area contributed by atoms with Gasteiger partial charge in [0.25, 0.3) is 5.69 Å². The molecule has 0 N–H and O–H groups in total. The van der Waals surface area contributed by atoms with Crippen molar-refractivity contribution in [3.8, 4) is 5.75 Å². The lowest BCUT2D eigenvalue weighted by Gasteiger charge is -2.31. The molecule has 0 saturated heterocycles. The van der Waals surface area contributed by atoms with E-state index in [2.05, 4.69) is 9.73 Å². The number of aliphatic imine (C=N–C) groups is 1. The summed E-state index contributed by atoms with van der Waals surface area (Å²) in [5.74, 6) is -3.29. The molecule has 1 heterocycles. The highest BCUT2D eigenvalue weighted by Crippen LogP contribution is 2.41. The molecule has 2 aromatic carbocycles. The number of non-ortho nitro benzene ring substituents is 1. The molecule has 2 unspecified atom stereocenters. The number of nitro groups is 1. The van der Waals surface area contributed by atoms with Crippen molar-refractivity contribution >= 4 is 29.3 Å². The van der Waals surface area contributed by atoms with Crippen molar-refractivity contribution in [2.24, 2.45) is 10.9 Å². The first-order valence-electron chi connectivity index (χ1n) is 11.2. The van der Waals surface area contributed by atoms with Crippen molar-refractivity contribution in [3.05, 3.63) is 81.0 Å². The summed E-state index contributed by atoms with van der Waals surface area (Å²) in [5, 5.41) is 11.4. The van der Waals surface area contributed by atoms with E-state index in [1.54, 1.807) is 44.2 Å². The summed E-state index contributed by atoms with van der Waals surface area (Å²) >= 11 is 0. The molecular formula is C26H26N2O9. The maximum absolute atomic E-state index is 13.3. The van der Waals surface area contributed by atoms with Gasteiger partial charge in [-0.05, 0) is 37.1 Å². The van der Waals surface area contributed by atoms with Gasteiger partial charge in [-0.2, -0.15) is 0 Å². The summed E-state index contributed by atoms with van der Waals surface area (Å²) in [6, 6.07) is 12.3. The van der Waals surface area contributed by atoms with E-state index in [1.807, 2.05) is 0 Å². The van der Waals surface area contributed by atoms with Crippen LogP contribution in [0.4, 0.5) is 5.69 Å². The second kappa shape index (κ2) is 11.9. The minimum Gasteiger partial charge on any atom is -0.482 e. The Bertz CT molecular complexity index is 1270. The molecular weight excluding hydrogens is 484 g/mol. The van der Waals surface area contributed by atoms with Crippen molar-refractivity contribution in [1.29, 1.82) is 0 Å². The first-order valence-corrected chi connectivity index (χ1v) is 11.2. The normalized spacial score (nSPS) is 16.9. The van der Waals surface area contributed by atoms with Gasteiger partial charge in [0.15, 0.2) is 6.61 Å². The lowest BCUT2D eigenvalue weighted by Crippen LogP contribution is -2.36. The Hall–Kier alpha value is -4.54. The van der Waals surface area contributed by atoms with E-state index in [0.29, 0.717) is 28.3 Å². The van der Waals surface area contributed by atoms with E-state index in [4.69, 9.17) is 14.2 Å². The van der Waals surface area contributed by atoms with E-state index in [1.165, 1.54) is 32.4 Å². The molecule has 0 aromatic heterocycles. The van der Waals surface area contributed by atoms with Crippen LogP contribution in [0.5, 0.6) is 5.75 Å². The number of hydrogen-bond donors (Lipinski definition) is 0. The molecule has 0 saturated carbocycles. The Morgan fingerprint density at radius 1 is 1.03 bits per heavy atom. The van der Waals surface area contributed by atoms with Crippen LogP contribution in [-0.4, -0.2) is 49.4 Å². The third-order valence-corrected chi connectivity index (χ3v) is 5.82. The fourth-order valence-corrected chi connectivity index (χ4v) is 4.04. The minimum atomic E-state index is -0.968. The number of ether oxygens (including phenoxy) is 4. The molecule has 0 aliphatic carbocycles. The predicted octanol–water partition coefficient (Wildman–Crippen LogP) is 3.51. The highest BCUT2D eigenvalue weighted by atomic mass is 16.6. The second-order valence-electron chi connectivity index (χ2n) is 8.17. The van der Waals surface area contributed by atoms with Crippen LogP contribution in [-0.2, 0) is 35.2 Å². The molecule has 2 aromatic rings. The highest BCUT2D eigenvalue weighted by molar-refractivity contribution is 6.07. The molecule has 1 aliphatic heterocycles. The number of nitrogens with zero attached hydrogens (tertiary/aromatic N) is 2. The Labute approximate surface area is 212 Å². The van der Waals surface area contributed by atoms with Gasteiger partial charge in [-0.1, -0.05) is 24.3 Å². The van der Waals surface area contributed by atoms with Crippen molar-refractivity contribution in [3.63, 3.8) is 0 Å². The number of carbonyl (C=O) groups is 3. The summed E-state index contributed by atoms with van der Waals surface area (Å²) in [6.07, 6.45) is 0. The fourth-order valence-electron chi connectivity index (χ4n) is 4.04. The van der Waals surface area contributed by atoms with Crippen molar-refractivity contribution in [2.45, 2.75) is 26.4 Å². The number of carbonyl (C=O) groups excluding carboxylic acids is 3. The monoisotopic (exact) mass is 510 g/mol. The zero-order valence-corrected chi connectivity index (χ0v) is 20.8. The lowest BCUT2D eigenvalue weighted by atomic mass is 9.75. The smallest absolute Gasteiger partial charge is 0.343 e. The molecule has 0 amide bonds. The van der Waals surface area contributed by atoms with E-state index in [0.717, 1.165) is 0 Å². The maximum atomic E-state index is 13.3. The van der Waals surface area contributed by atoms with Gasteiger partial charge in [0, 0.05) is 29.5 Å². The molecule has 194 valence electrons. The topological polar surface area (TPSA) is 144 Å². The predicted molar refractivity (Wildman–Crippen MR) is 131 cm³/mol. The van der Waals surface area contributed by atoms with Crippen LogP contribution in [0.15, 0.2) is 64.8 Å². The Morgan fingerprint density at radius 2 is 1.73 bits per heavy atom. The standard InChI is InChI=1S/C26H26N2O9/c1-15-22(25(30)35-4)24(18-6-5-7-19(12-18)28(32)33)23(16(2)27-15)26(31)37-13-17-8-10-20(11-9-17)36-14-21(29)34-3/h5-12,22,24H,13-14H2,1-4H3. The quantitative estimate of drug-likeness (QED) is 0.214. The van der Waals surface area contributed by atoms with Crippen LogP contribution in [0.1, 0.15) is 30.9 Å². The van der Waals surface area contributed by atoms with E-state index in [9.17, 15) is 24.5 Å². The average molecular weight is 510 g/mol. The molecule has 1 aliphatic rings. The third-order valence-electron chi connectivity index (χ3n) is 5.82. The number of hydrogen-bond acceptors (Lipinski definition) is 10. The van der Waals surface area contributed by atoms with E-state index in [-0.39, 0.29) is 24.5 Å². The first kappa shape index (κ1) is 27.1. The minimum absolute atomic E-state index is 0.0971. The summed E-state index contributed by atoms with van der Waals surface area (Å²) in [7, 11) is 2.48. The zero-order chi connectivity index (χ0) is 27.1. The molecule has 0 fully saturated rings. The maximum Gasteiger partial charge on any atom is 0.343 e. The number of nitro benzene ring substituents is 1. The van der Waals surface area contributed by atoms with Crippen LogP contribution in [0.2, 0.25) is 0 Å². The van der Waals surface area contributed by atoms with Gasteiger partial charge in [0.1, 0.15) is 18.3 Å². The average Bonchev–Trinajstić information content (AvgIpc) is 2.90. The van der Waals surface area contributed by atoms with Crippen LogP contribution in [0.25, 0.3) is 0 Å². The summed E-state index contributed by atoms with van der Waals surface area (Å²) in [4.78, 5) is 52.5. The molecule has 0 bridgehead atoms. The summed E-state index contributed by atoms with van der Waals surface area (Å²) in [5.41, 5.74) is 1.72. The lowest BCUT2D eigenvalue weighted by molar-refractivity contribution is -0.384. The Balaban J connectivity index is 1.87. The Morgan fingerprint density at radius 3 is 2.35 bits per heavy atom. The zero-order valence-electron chi connectivity index (χ0n) is 20.8. The van der Waals surface area contributed by atoms with E-state index < -0.39 is 34.7 Å². The SMILES string of the molecule is COC(=O)COc1ccc(COC(=O)C2=C(C)N=C(C)C(C(=O)OC)C2c2cccc([N+](=O)[O-])c2)cc1. The van der Waals surface area contributed by atoms with E-state index >= 15 is 0 Å². The van der Waals surface area contributed by atoms with Crippen LogP contribution in [0.3, 0.4) is 0 Å². The van der Waals surface area contributed by atoms with Crippen LogP contribution < -0.4 is 4.74 Å². The highest BCUT2D eigenvalue weighted by Gasteiger charge is 2.42. The van der Waals surface area contributed by atoms with Gasteiger partial charge in [0.2, 0.25) is 0 Å². The molecule has 0 radical (unpaired) electrons. The molecule has 37 heavy (non-hydrogen) atoms. The second-order valence-corrected chi connectivity index (χ2v) is 8.17. The fraction of sp³-hybridized carbons (Fsp3) is 0.308. The van der Waals surface area contributed by atoms with Crippen molar-refractivity contribution in [1.82, 2.24) is 0 Å². The molecule has 2 atom stereocenters. The largest absolute Gasteiger partial charge is 0.482 e. The molecule has 11 nitrogen and oxygen atoms in total. The van der Waals surface area contributed by atoms with Crippen LogP contribution >= 0.6 is 0 Å². The number of benzene rings is 2. The van der Waals surface area contributed by atoms with Gasteiger partial charge in [-0.3, -0.25) is 19.9 Å².